The van der Waals surface area contributed by atoms with Crippen LogP contribution in [-0.2, 0) is 10.0 Å². The Morgan fingerprint density at radius 3 is 2.23 bits per heavy atom. The van der Waals surface area contributed by atoms with E-state index in [-0.39, 0.29) is 11.4 Å². The highest BCUT2D eigenvalue weighted by Gasteiger charge is 2.28. The van der Waals surface area contributed by atoms with E-state index in [1.165, 1.54) is 12.1 Å². The van der Waals surface area contributed by atoms with Gasteiger partial charge in [-0.05, 0) is 50.6 Å². The third-order valence-corrected chi connectivity index (χ3v) is 6.01. The minimum absolute atomic E-state index is 0.160. The Labute approximate surface area is 203 Å². The summed E-state index contributed by atoms with van der Waals surface area (Å²) in [4.78, 5) is 22.7. The summed E-state index contributed by atoms with van der Waals surface area (Å²) in [7, 11) is -2.95. The number of sulfonamides is 1. The Morgan fingerprint density at radius 2 is 1.63 bits per heavy atom. The van der Waals surface area contributed by atoms with Crippen molar-refractivity contribution in [2.75, 3.05) is 7.11 Å². The number of urea groups is 1. The molecule has 0 aliphatic carbocycles. The lowest BCUT2D eigenvalue weighted by Gasteiger charge is -2.21. The molecule has 0 aromatic heterocycles. The molecular weight excluding hydrogens is 474 g/mol. The largest absolute Gasteiger partial charge is 0.497 e. The fourth-order valence-corrected chi connectivity index (χ4v) is 4.19. The molecule has 35 heavy (non-hydrogen) atoms. The minimum Gasteiger partial charge on any atom is -0.497 e. The van der Waals surface area contributed by atoms with Crippen LogP contribution in [-0.4, -0.2) is 37.2 Å². The van der Waals surface area contributed by atoms with Crippen molar-refractivity contribution in [2.45, 2.75) is 31.2 Å². The van der Waals surface area contributed by atoms with E-state index >= 15 is 0 Å². The number of hydrogen-bond acceptors (Lipinski definition) is 6. The lowest BCUT2D eigenvalue weighted by molar-refractivity contribution is -0.729. The molecule has 3 N–H and O–H groups in total. The Bertz CT molecular complexity index is 1350. The zero-order chi connectivity index (χ0) is 25.8. The Kier molecular flexibility index (Phi) is 7.30. The summed E-state index contributed by atoms with van der Waals surface area (Å²) in [5.74, 6) is 0.832. The van der Waals surface area contributed by atoms with E-state index in [1.807, 2.05) is 16.9 Å². The zero-order valence-corrected chi connectivity index (χ0v) is 20.4. The smallest absolute Gasteiger partial charge is 0.329 e. The van der Waals surface area contributed by atoms with Crippen LogP contribution < -0.4 is 19.5 Å². The number of benzene rings is 3. The van der Waals surface area contributed by atoms with Gasteiger partial charge in [-0.15, -0.1) is 0 Å². The van der Waals surface area contributed by atoms with E-state index in [1.54, 1.807) is 64.3 Å². The summed E-state index contributed by atoms with van der Waals surface area (Å²) in [5, 5.41) is 11.8. The lowest BCUT2D eigenvalue weighted by Crippen LogP contribution is -2.48. The highest BCUT2D eigenvalue weighted by molar-refractivity contribution is 7.90. The minimum atomic E-state index is -4.51. The van der Waals surface area contributed by atoms with E-state index in [2.05, 4.69) is 5.32 Å². The van der Waals surface area contributed by atoms with E-state index in [0.29, 0.717) is 17.1 Å². The number of carbonyl (C=O) groups is 1. The van der Waals surface area contributed by atoms with Gasteiger partial charge in [-0.2, -0.15) is 0 Å². The third-order valence-electron chi connectivity index (χ3n) is 4.66. The van der Waals surface area contributed by atoms with Crippen LogP contribution in [0.1, 0.15) is 20.8 Å². The van der Waals surface area contributed by atoms with Crippen LogP contribution in [0.5, 0.6) is 17.2 Å². The highest BCUT2D eigenvalue weighted by atomic mass is 32.2. The number of hydrogen-bond donors (Lipinski definition) is 3. The molecule has 0 saturated carbocycles. The van der Waals surface area contributed by atoms with Crippen molar-refractivity contribution in [3.05, 3.63) is 71.6 Å². The normalized spacial score (nSPS) is 11.4. The van der Waals surface area contributed by atoms with Gasteiger partial charge in [0, 0.05) is 23.2 Å². The van der Waals surface area contributed by atoms with Gasteiger partial charge in [-0.25, -0.2) is 23.1 Å². The molecule has 3 aromatic carbocycles. The number of methoxy groups -OCH3 is 1. The second-order valence-corrected chi connectivity index (χ2v) is 10.2. The van der Waals surface area contributed by atoms with Gasteiger partial charge in [0.05, 0.1) is 12.0 Å². The van der Waals surface area contributed by atoms with Crippen molar-refractivity contribution in [3.8, 4) is 28.4 Å². The fourth-order valence-electron chi connectivity index (χ4n) is 3.14. The summed E-state index contributed by atoms with van der Waals surface area (Å²) < 4.78 is 39.2. The zero-order valence-electron chi connectivity index (χ0n) is 19.6. The number of amides is 2. The van der Waals surface area contributed by atoms with Gasteiger partial charge in [-0.3, -0.25) is 0 Å². The van der Waals surface area contributed by atoms with Crippen LogP contribution in [0.15, 0.2) is 71.6 Å². The maximum absolute atomic E-state index is 13.1. The predicted molar refractivity (Wildman–Crippen MR) is 129 cm³/mol. The standard InChI is InChI=1S/C24H25N3O7S/c1-24(2,3)25-23(28)26-35(31,32)22-15-17(27(29)30)11-14-21(22)34-20-8-6-5-7-19(20)16-9-12-18(33-4)13-10-16/h5-15H,1-4H3,(H2-,25,26,28,29,30)/p+1. The number of ether oxygens (including phenoxy) is 2. The Morgan fingerprint density at radius 1 is 0.971 bits per heavy atom. The van der Waals surface area contributed by atoms with E-state index in [0.717, 1.165) is 11.6 Å². The molecular formula is C24H26N3O7S+. The fraction of sp³-hybridized carbons (Fsp3) is 0.208. The molecule has 2 amide bonds. The van der Waals surface area contributed by atoms with Crippen LogP contribution in [0.25, 0.3) is 11.1 Å². The van der Waals surface area contributed by atoms with E-state index in [9.17, 15) is 23.3 Å². The second kappa shape index (κ2) is 10.0. The summed E-state index contributed by atoms with van der Waals surface area (Å²) in [6, 6.07) is 16.5. The predicted octanol–water partition coefficient (Wildman–Crippen LogP) is 4.74. The molecule has 3 rings (SSSR count). The summed E-state index contributed by atoms with van der Waals surface area (Å²) in [6.07, 6.45) is 0. The molecule has 0 bridgehead atoms. The van der Waals surface area contributed by atoms with Gasteiger partial charge in [0.25, 0.3) is 14.9 Å². The first-order valence-electron chi connectivity index (χ1n) is 10.5. The number of carbonyl (C=O) groups excluding carboxylic acids is 1. The molecule has 0 aliphatic rings. The molecule has 0 unspecified atom stereocenters. The average molecular weight is 501 g/mol. The average Bonchev–Trinajstić information content (AvgIpc) is 2.78. The third kappa shape index (κ3) is 6.48. The molecule has 3 aromatic rings. The van der Waals surface area contributed by atoms with Crippen LogP contribution in [0.4, 0.5) is 10.5 Å². The highest BCUT2D eigenvalue weighted by Crippen LogP contribution is 2.37. The maximum Gasteiger partial charge on any atom is 0.329 e. The van der Waals surface area contributed by atoms with Crippen LogP contribution in [0, 0.1) is 4.91 Å². The Hall–Kier alpha value is -4.12. The molecule has 11 heteroatoms. The van der Waals surface area contributed by atoms with E-state index < -0.39 is 31.4 Å². The van der Waals surface area contributed by atoms with Crippen LogP contribution >= 0.6 is 0 Å². The molecule has 0 heterocycles. The first-order chi connectivity index (χ1) is 16.4. The maximum atomic E-state index is 13.1. The number of rotatable bonds is 7. The van der Waals surface area contributed by atoms with Gasteiger partial charge in [-0.1, -0.05) is 30.3 Å². The van der Waals surface area contributed by atoms with Crippen molar-refractivity contribution in [2.24, 2.45) is 0 Å². The lowest BCUT2D eigenvalue weighted by atomic mass is 10.0. The molecule has 0 aliphatic heterocycles. The Balaban J connectivity index is 2.04. The number of nitrogens with zero attached hydrogens (tertiary/aromatic N) is 1. The van der Waals surface area contributed by atoms with Crippen molar-refractivity contribution < 1.29 is 32.8 Å². The van der Waals surface area contributed by atoms with Gasteiger partial charge in [0.15, 0.2) is 0 Å². The van der Waals surface area contributed by atoms with Gasteiger partial charge >= 0.3 is 11.7 Å². The molecule has 184 valence electrons. The molecule has 0 saturated heterocycles. The molecule has 0 spiro atoms. The van der Waals surface area contributed by atoms with Gasteiger partial charge in [0.1, 0.15) is 22.1 Å². The van der Waals surface area contributed by atoms with Crippen LogP contribution in [0.3, 0.4) is 0 Å². The first-order valence-corrected chi connectivity index (χ1v) is 11.9. The summed E-state index contributed by atoms with van der Waals surface area (Å²) in [5.41, 5.74) is 0.381. The second-order valence-electron chi connectivity index (χ2n) is 8.54. The van der Waals surface area contributed by atoms with Crippen LogP contribution in [0.2, 0.25) is 0 Å². The SMILES string of the molecule is COc1ccc(-c2ccccc2Oc2ccc([N+](=O)O)cc2S(=O)(=O)NC(=O)NC(C)(C)C)cc1. The molecule has 0 radical (unpaired) electrons. The van der Waals surface area contributed by atoms with Crippen molar-refractivity contribution >= 4 is 21.7 Å². The van der Waals surface area contributed by atoms with Gasteiger partial charge in [0.2, 0.25) is 0 Å². The van der Waals surface area contributed by atoms with Crippen molar-refractivity contribution in [3.63, 3.8) is 0 Å². The monoisotopic (exact) mass is 500 g/mol. The van der Waals surface area contributed by atoms with Crippen molar-refractivity contribution in [1.82, 2.24) is 10.0 Å². The van der Waals surface area contributed by atoms with Crippen molar-refractivity contribution in [1.29, 1.82) is 0 Å². The number of para-hydroxylation sites is 1. The topological polar surface area (TPSA) is 134 Å². The summed E-state index contributed by atoms with van der Waals surface area (Å²) >= 11 is 0. The molecule has 10 nitrogen and oxygen atoms in total. The molecule has 0 fully saturated rings. The first kappa shape index (κ1) is 25.5. The van der Waals surface area contributed by atoms with E-state index in [4.69, 9.17) is 9.47 Å². The van der Waals surface area contributed by atoms with Gasteiger partial charge < -0.3 is 14.8 Å². The quantitative estimate of drug-likeness (QED) is 0.399. The molecule has 0 atom stereocenters. The summed E-state index contributed by atoms with van der Waals surface area (Å²) in [6.45, 7) is 5.06. The number of nitrogens with one attached hydrogen (secondary N) is 2.